The quantitative estimate of drug-likeness (QED) is 0.796. The standard InChI is InChI=1S/C11H10F3N5O/c12-11(13,14)7-3-6(4-15)1-2-8(7)17-10(20)9-5-16-19-18-9/h1-3,5H,4,15H2,(H,17,20)(H,16,18,19). The van der Waals surface area contributed by atoms with Crippen LogP contribution < -0.4 is 11.1 Å². The Morgan fingerprint density at radius 3 is 2.70 bits per heavy atom. The molecule has 1 aromatic heterocycles. The van der Waals surface area contributed by atoms with Gasteiger partial charge in [0.05, 0.1) is 17.4 Å². The zero-order valence-electron chi connectivity index (χ0n) is 10.0. The molecule has 1 aromatic carbocycles. The summed E-state index contributed by atoms with van der Waals surface area (Å²) in [5.41, 5.74) is 4.20. The van der Waals surface area contributed by atoms with Crippen molar-refractivity contribution in [3.8, 4) is 0 Å². The molecule has 0 aliphatic carbocycles. The summed E-state index contributed by atoms with van der Waals surface area (Å²) in [6.45, 7) is -0.0272. The maximum absolute atomic E-state index is 12.9. The molecule has 0 fully saturated rings. The molecular weight excluding hydrogens is 275 g/mol. The van der Waals surface area contributed by atoms with Crippen molar-refractivity contribution in [1.29, 1.82) is 0 Å². The van der Waals surface area contributed by atoms with Gasteiger partial charge < -0.3 is 11.1 Å². The summed E-state index contributed by atoms with van der Waals surface area (Å²) in [6.07, 6.45) is -3.49. The minimum Gasteiger partial charge on any atom is -0.326 e. The fourth-order valence-electron chi connectivity index (χ4n) is 1.56. The molecular formula is C11H10F3N5O. The lowest BCUT2D eigenvalue weighted by molar-refractivity contribution is -0.137. The van der Waals surface area contributed by atoms with Crippen molar-refractivity contribution in [2.75, 3.05) is 5.32 Å². The number of carbonyl (C=O) groups excluding carboxylic acids is 1. The second-order valence-corrected chi connectivity index (χ2v) is 3.89. The summed E-state index contributed by atoms with van der Waals surface area (Å²) in [6, 6.07) is 3.47. The number of nitrogens with two attached hydrogens (primary N) is 1. The summed E-state index contributed by atoms with van der Waals surface area (Å²) in [5, 5.41) is 11.2. The number of nitrogens with zero attached hydrogens (tertiary/aromatic N) is 2. The molecule has 106 valence electrons. The Hall–Kier alpha value is -2.42. The van der Waals surface area contributed by atoms with Gasteiger partial charge in [0.25, 0.3) is 5.91 Å². The van der Waals surface area contributed by atoms with E-state index >= 15 is 0 Å². The highest BCUT2D eigenvalue weighted by atomic mass is 19.4. The molecule has 1 heterocycles. The van der Waals surface area contributed by atoms with Crippen LogP contribution in [0.25, 0.3) is 0 Å². The van der Waals surface area contributed by atoms with Crippen molar-refractivity contribution < 1.29 is 18.0 Å². The first-order chi connectivity index (χ1) is 9.41. The third kappa shape index (κ3) is 2.94. The number of hydrogen-bond acceptors (Lipinski definition) is 4. The molecule has 6 nitrogen and oxygen atoms in total. The van der Waals surface area contributed by atoms with Gasteiger partial charge in [-0.3, -0.25) is 4.79 Å². The molecule has 0 bridgehead atoms. The van der Waals surface area contributed by atoms with E-state index in [0.29, 0.717) is 5.56 Å². The van der Waals surface area contributed by atoms with Crippen LogP contribution in [0, 0.1) is 0 Å². The molecule has 20 heavy (non-hydrogen) atoms. The molecule has 2 rings (SSSR count). The number of anilines is 1. The normalized spacial score (nSPS) is 11.4. The lowest BCUT2D eigenvalue weighted by Crippen LogP contribution is -2.17. The number of aromatic amines is 1. The van der Waals surface area contributed by atoms with Crippen LogP contribution in [-0.2, 0) is 12.7 Å². The highest BCUT2D eigenvalue weighted by molar-refractivity contribution is 6.03. The van der Waals surface area contributed by atoms with Crippen LogP contribution in [0.2, 0.25) is 0 Å². The number of benzene rings is 1. The van der Waals surface area contributed by atoms with Crippen LogP contribution in [0.15, 0.2) is 24.4 Å². The number of aromatic nitrogens is 3. The first-order valence-electron chi connectivity index (χ1n) is 5.49. The van der Waals surface area contributed by atoms with Crippen LogP contribution in [0.4, 0.5) is 18.9 Å². The lowest BCUT2D eigenvalue weighted by atomic mass is 10.1. The average Bonchev–Trinajstić information content (AvgIpc) is 2.91. The highest BCUT2D eigenvalue weighted by Gasteiger charge is 2.34. The number of carbonyl (C=O) groups is 1. The summed E-state index contributed by atoms with van der Waals surface area (Å²) >= 11 is 0. The first-order valence-corrected chi connectivity index (χ1v) is 5.49. The van der Waals surface area contributed by atoms with E-state index in [1.165, 1.54) is 6.07 Å². The van der Waals surface area contributed by atoms with Gasteiger partial charge in [-0.05, 0) is 17.7 Å². The molecule has 0 unspecified atom stereocenters. The van der Waals surface area contributed by atoms with Crippen LogP contribution in [0.3, 0.4) is 0 Å². The number of alkyl halides is 3. The van der Waals surface area contributed by atoms with Crippen LogP contribution in [0.1, 0.15) is 21.6 Å². The van der Waals surface area contributed by atoms with Gasteiger partial charge in [0.1, 0.15) is 0 Å². The Kier molecular flexibility index (Phi) is 3.70. The molecule has 0 saturated carbocycles. The largest absolute Gasteiger partial charge is 0.418 e. The molecule has 0 atom stereocenters. The number of rotatable bonds is 3. The Balaban J connectivity index is 2.34. The van der Waals surface area contributed by atoms with E-state index in [-0.39, 0.29) is 17.9 Å². The van der Waals surface area contributed by atoms with Crippen molar-refractivity contribution in [3.05, 3.63) is 41.2 Å². The van der Waals surface area contributed by atoms with Gasteiger partial charge >= 0.3 is 6.18 Å². The Morgan fingerprint density at radius 1 is 1.40 bits per heavy atom. The fourth-order valence-corrected chi connectivity index (χ4v) is 1.56. The van der Waals surface area contributed by atoms with Gasteiger partial charge in [-0.15, -0.1) is 0 Å². The zero-order chi connectivity index (χ0) is 14.8. The molecule has 2 aromatic rings. The van der Waals surface area contributed by atoms with Crippen LogP contribution in [0.5, 0.6) is 0 Å². The zero-order valence-corrected chi connectivity index (χ0v) is 10.0. The van der Waals surface area contributed by atoms with E-state index in [4.69, 9.17) is 5.73 Å². The highest BCUT2D eigenvalue weighted by Crippen LogP contribution is 2.35. The molecule has 4 N–H and O–H groups in total. The number of amides is 1. The smallest absolute Gasteiger partial charge is 0.326 e. The predicted molar refractivity (Wildman–Crippen MR) is 63.7 cm³/mol. The lowest BCUT2D eigenvalue weighted by Gasteiger charge is -2.14. The first kappa shape index (κ1) is 14.0. The van der Waals surface area contributed by atoms with Gasteiger partial charge in [-0.25, -0.2) is 0 Å². The molecule has 0 saturated heterocycles. The molecule has 0 radical (unpaired) electrons. The van der Waals surface area contributed by atoms with E-state index in [1.54, 1.807) is 0 Å². The summed E-state index contributed by atoms with van der Waals surface area (Å²) in [7, 11) is 0. The minimum absolute atomic E-state index is 0.0272. The SMILES string of the molecule is NCc1ccc(NC(=O)c2cn[nH]n2)c(C(F)(F)F)c1. The monoisotopic (exact) mass is 285 g/mol. The van der Waals surface area contributed by atoms with E-state index < -0.39 is 17.6 Å². The molecule has 1 amide bonds. The Morgan fingerprint density at radius 2 is 2.15 bits per heavy atom. The second kappa shape index (κ2) is 5.29. The van der Waals surface area contributed by atoms with E-state index in [1.807, 2.05) is 0 Å². The minimum atomic E-state index is -4.60. The average molecular weight is 285 g/mol. The van der Waals surface area contributed by atoms with Gasteiger partial charge in [0.15, 0.2) is 5.69 Å². The van der Waals surface area contributed by atoms with Gasteiger partial charge in [-0.1, -0.05) is 6.07 Å². The molecule has 0 aliphatic rings. The van der Waals surface area contributed by atoms with E-state index in [2.05, 4.69) is 20.7 Å². The van der Waals surface area contributed by atoms with Crippen LogP contribution >= 0.6 is 0 Å². The summed E-state index contributed by atoms with van der Waals surface area (Å²) in [4.78, 5) is 11.7. The van der Waals surface area contributed by atoms with E-state index in [9.17, 15) is 18.0 Å². The summed E-state index contributed by atoms with van der Waals surface area (Å²) in [5.74, 6) is -0.787. The Bertz CT molecular complexity index is 609. The number of hydrogen-bond donors (Lipinski definition) is 3. The van der Waals surface area contributed by atoms with Gasteiger partial charge in [-0.2, -0.15) is 28.6 Å². The second-order valence-electron chi connectivity index (χ2n) is 3.89. The topological polar surface area (TPSA) is 96.7 Å². The predicted octanol–water partition coefficient (Wildman–Crippen LogP) is 1.53. The number of nitrogens with one attached hydrogen (secondary N) is 2. The van der Waals surface area contributed by atoms with Crippen molar-refractivity contribution in [2.45, 2.75) is 12.7 Å². The van der Waals surface area contributed by atoms with E-state index in [0.717, 1.165) is 18.3 Å². The van der Waals surface area contributed by atoms with Crippen molar-refractivity contribution >= 4 is 11.6 Å². The third-order valence-corrected chi connectivity index (χ3v) is 2.52. The summed E-state index contributed by atoms with van der Waals surface area (Å²) < 4.78 is 38.8. The molecule has 0 spiro atoms. The maximum atomic E-state index is 12.9. The fraction of sp³-hybridized carbons (Fsp3) is 0.182. The number of halogens is 3. The molecule has 9 heteroatoms. The van der Waals surface area contributed by atoms with Crippen molar-refractivity contribution in [1.82, 2.24) is 15.4 Å². The maximum Gasteiger partial charge on any atom is 0.418 e. The van der Waals surface area contributed by atoms with Crippen LogP contribution in [-0.4, -0.2) is 21.3 Å². The van der Waals surface area contributed by atoms with Gasteiger partial charge in [0, 0.05) is 6.54 Å². The van der Waals surface area contributed by atoms with Gasteiger partial charge in [0.2, 0.25) is 0 Å². The Labute approximate surface area is 111 Å². The van der Waals surface area contributed by atoms with Crippen molar-refractivity contribution in [2.24, 2.45) is 5.73 Å². The number of H-pyrrole nitrogens is 1. The molecule has 0 aliphatic heterocycles. The third-order valence-electron chi connectivity index (χ3n) is 2.52. The van der Waals surface area contributed by atoms with Crippen molar-refractivity contribution in [3.63, 3.8) is 0 Å².